The molecule has 1 saturated heterocycles. The van der Waals surface area contributed by atoms with Crippen LogP contribution in [0.4, 0.5) is 0 Å². The number of sulfonamides is 1. The van der Waals surface area contributed by atoms with Crippen LogP contribution in [0.5, 0.6) is 11.5 Å². The zero-order valence-electron chi connectivity index (χ0n) is 16.9. The maximum atomic E-state index is 12.8. The summed E-state index contributed by atoms with van der Waals surface area (Å²) in [5.41, 5.74) is 1.00. The van der Waals surface area contributed by atoms with Crippen molar-refractivity contribution < 1.29 is 22.7 Å². The highest BCUT2D eigenvalue weighted by molar-refractivity contribution is 7.89. The lowest BCUT2D eigenvalue weighted by molar-refractivity contribution is -0.139. The van der Waals surface area contributed by atoms with Gasteiger partial charge in [0.15, 0.2) is 6.10 Å². The van der Waals surface area contributed by atoms with E-state index in [0.29, 0.717) is 24.6 Å². The highest BCUT2D eigenvalue weighted by Crippen LogP contribution is 2.22. The highest BCUT2D eigenvalue weighted by Gasteiger charge is 2.32. The molecule has 0 radical (unpaired) electrons. The molecule has 0 bridgehead atoms. The molecule has 3 rings (SSSR count). The Morgan fingerprint density at radius 1 is 1.00 bits per heavy atom. The normalized spacial score (nSPS) is 16.3. The summed E-state index contributed by atoms with van der Waals surface area (Å²) in [6, 6.07) is 13.9. The van der Waals surface area contributed by atoms with E-state index in [2.05, 4.69) is 0 Å². The van der Waals surface area contributed by atoms with Crippen molar-refractivity contribution >= 4 is 15.9 Å². The minimum absolute atomic E-state index is 0.166. The molecular formula is C21H26N2O5S. The van der Waals surface area contributed by atoms with Crippen LogP contribution in [-0.4, -0.2) is 62.9 Å². The van der Waals surface area contributed by atoms with Crippen LogP contribution in [0.3, 0.4) is 0 Å². The minimum atomic E-state index is -3.55. The van der Waals surface area contributed by atoms with E-state index in [1.54, 1.807) is 67.5 Å². The van der Waals surface area contributed by atoms with E-state index >= 15 is 0 Å². The number of amides is 1. The molecule has 8 heteroatoms. The standard InChI is InChI=1S/C21H26N2O5S/c1-16-7-9-20(10-8-16)29(25,26)23-13-11-22(12-14-23)21(24)17(2)28-19-6-4-5-18(15-19)27-3/h4-10,15,17H,11-14H2,1-3H3/t17-/m1/s1. The van der Waals surface area contributed by atoms with E-state index in [0.717, 1.165) is 5.56 Å². The zero-order chi connectivity index (χ0) is 21.0. The first-order valence-electron chi connectivity index (χ1n) is 9.47. The van der Waals surface area contributed by atoms with Gasteiger partial charge in [0, 0.05) is 32.2 Å². The van der Waals surface area contributed by atoms with Crippen molar-refractivity contribution in [2.45, 2.75) is 24.8 Å². The molecule has 1 aliphatic heterocycles. The van der Waals surface area contributed by atoms with Gasteiger partial charge in [0.05, 0.1) is 12.0 Å². The fourth-order valence-corrected chi connectivity index (χ4v) is 4.62. The molecule has 156 valence electrons. The first kappa shape index (κ1) is 21.1. The van der Waals surface area contributed by atoms with Crippen LogP contribution < -0.4 is 9.47 Å². The van der Waals surface area contributed by atoms with Gasteiger partial charge in [-0.15, -0.1) is 0 Å². The summed E-state index contributed by atoms with van der Waals surface area (Å²) in [4.78, 5) is 14.6. The molecule has 2 aromatic rings. The molecule has 1 atom stereocenters. The minimum Gasteiger partial charge on any atom is -0.497 e. The van der Waals surface area contributed by atoms with Crippen molar-refractivity contribution in [3.8, 4) is 11.5 Å². The Hall–Kier alpha value is -2.58. The molecule has 0 saturated carbocycles. The van der Waals surface area contributed by atoms with Crippen molar-refractivity contribution in [2.75, 3.05) is 33.3 Å². The Morgan fingerprint density at radius 3 is 2.24 bits per heavy atom. The van der Waals surface area contributed by atoms with Crippen molar-refractivity contribution in [1.29, 1.82) is 0 Å². The summed E-state index contributed by atoms with van der Waals surface area (Å²) in [7, 11) is -1.99. The largest absolute Gasteiger partial charge is 0.497 e. The lowest BCUT2D eigenvalue weighted by Crippen LogP contribution is -2.53. The van der Waals surface area contributed by atoms with Crippen LogP contribution in [0.15, 0.2) is 53.4 Å². The number of carbonyl (C=O) groups excluding carboxylic acids is 1. The first-order valence-corrected chi connectivity index (χ1v) is 10.9. The predicted octanol–water partition coefficient (Wildman–Crippen LogP) is 2.30. The van der Waals surface area contributed by atoms with Crippen LogP contribution in [0.1, 0.15) is 12.5 Å². The summed E-state index contributed by atoms with van der Waals surface area (Å²) in [5, 5.41) is 0. The van der Waals surface area contributed by atoms with Crippen molar-refractivity contribution in [3.05, 3.63) is 54.1 Å². The molecule has 2 aromatic carbocycles. The molecule has 7 nitrogen and oxygen atoms in total. The smallest absolute Gasteiger partial charge is 0.263 e. The molecule has 0 spiro atoms. The van der Waals surface area contributed by atoms with Gasteiger partial charge in [-0.25, -0.2) is 8.42 Å². The Morgan fingerprint density at radius 2 is 1.62 bits per heavy atom. The maximum absolute atomic E-state index is 12.8. The number of piperazine rings is 1. The molecule has 1 amide bonds. The van der Waals surface area contributed by atoms with Gasteiger partial charge in [0.1, 0.15) is 11.5 Å². The van der Waals surface area contributed by atoms with Crippen LogP contribution >= 0.6 is 0 Å². The third-order valence-electron chi connectivity index (χ3n) is 4.91. The van der Waals surface area contributed by atoms with Crippen LogP contribution in [0.25, 0.3) is 0 Å². The summed E-state index contributed by atoms with van der Waals surface area (Å²) in [6.07, 6.45) is -0.678. The van der Waals surface area contributed by atoms with Crippen molar-refractivity contribution in [2.24, 2.45) is 0 Å². The fourth-order valence-electron chi connectivity index (χ4n) is 3.19. The first-order chi connectivity index (χ1) is 13.8. The third-order valence-corrected chi connectivity index (χ3v) is 6.82. The molecule has 1 fully saturated rings. The van der Waals surface area contributed by atoms with Gasteiger partial charge in [-0.1, -0.05) is 23.8 Å². The predicted molar refractivity (Wildman–Crippen MR) is 110 cm³/mol. The number of nitrogens with zero attached hydrogens (tertiary/aromatic N) is 2. The SMILES string of the molecule is COc1cccc(O[C@H](C)C(=O)N2CCN(S(=O)(=O)c3ccc(C)cc3)CC2)c1. The number of carbonyl (C=O) groups is 1. The van der Waals surface area contributed by atoms with Gasteiger partial charge in [0.2, 0.25) is 10.0 Å². The third kappa shape index (κ3) is 4.89. The Kier molecular flexibility index (Phi) is 6.44. The lowest BCUT2D eigenvalue weighted by atomic mass is 10.2. The number of hydrogen-bond acceptors (Lipinski definition) is 5. The molecular weight excluding hydrogens is 392 g/mol. The fraction of sp³-hybridized carbons (Fsp3) is 0.381. The Balaban J connectivity index is 1.59. The van der Waals surface area contributed by atoms with E-state index in [4.69, 9.17) is 9.47 Å². The molecule has 29 heavy (non-hydrogen) atoms. The van der Waals surface area contributed by atoms with E-state index < -0.39 is 16.1 Å². The Bertz CT molecular complexity index is 951. The molecule has 0 aliphatic carbocycles. The molecule has 0 unspecified atom stereocenters. The second kappa shape index (κ2) is 8.84. The average Bonchev–Trinajstić information content (AvgIpc) is 2.73. The van der Waals surface area contributed by atoms with E-state index in [-0.39, 0.29) is 23.9 Å². The maximum Gasteiger partial charge on any atom is 0.263 e. The van der Waals surface area contributed by atoms with Gasteiger partial charge >= 0.3 is 0 Å². The number of ether oxygens (including phenoxy) is 2. The van der Waals surface area contributed by atoms with E-state index in [1.807, 2.05) is 6.92 Å². The van der Waals surface area contributed by atoms with Crippen LogP contribution in [-0.2, 0) is 14.8 Å². The monoisotopic (exact) mass is 418 g/mol. The topological polar surface area (TPSA) is 76.2 Å². The van der Waals surface area contributed by atoms with Gasteiger partial charge in [-0.3, -0.25) is 4.79 Å². The summed E-state index contributed by atoms with van der Waals surface area (Å²) < 4.78 is 37.9. The second-order valence-corrected chi connectivity index (χ2v) is 8.92. The van der Waals surface area contributed by atoms with E-state index in [1.165, 1.54) is 4.31 Å². The number of aryl methyl sites for hydroxylation is 1. The average molecular weight is 419 g/mol. The summed E-state index contributed by atoms with van der Waals surface area (Å²) in [5.74, 6) is 1.03. The number of hydrogen-bond donors (Lipinski definition) is 0. The van der Waals surface area contributed by atoms with Crippen molar-refractivity contribution in [3.63, 3.8) is 0 Å². The van der Waals surface area contributed by atoms with Gasteiger partial charge in [-0.05, 0) is 38.1 Å². The number of methoxy groups -OCH3 is 1. The van der Waals surface area contributed by atoms with Crippen LogP contribution in [0, 0.1) is 6.92 Å². The van der Waals surface area contributed by atoms with Gasteiger partial charge < -0.3 is 14.4 Å². The zero-order valence-corrected chi connectivity index (χ0v) is 17.7. The highest BCUT2D eigenvalue weighted by atomic mass is 32.2. The second-order valence-electron chi connectivity index (χ2n) is 6.98. The van der Waals surface area contributed by atoms with Crippen LogP contribution in [0.2, 0.25) is 0 Å². The number of benzene rings is 2. The van der Waals surface area contributed by atoms with Gasteiger partial charge in [-0.2, -0.15) is 4.31 Å². The molecule has 1 heterocycles. The quantitative estimate of drug-likeness (QED) is 0.720. The molecule has 0 aromatic heterocycles. The summed E-state index contributed by atoms with van der Waals surface area (Å²) >= 11 is 0. The van der Waals surface area contributed by atoms with Gasteiger partial charge in [0.25, 0.3) is 5.91 Å². The Labute approximate surface area is 171 Å². The summed E-state index contributed by atoms with van der Waals surface area (Å²) in [6.45, 7) is 4.78. The number of rotatable bonds is 6. The van der Waals surface area contributed by atoms with E-state index in [9.17, 15) is 13.2 Å². The van der Waals surface area contributed by atoms with Crippen molar-refractivity contribution in [1.82, 2.24) is 9.21 Å². The molecule has 0 N–H and O–H groups in total. The molecule has 1 aliphatic rings. The lowest BCUT2D eigenvalue weighted by Gasteiger charge is -2.35.